The fourth-order valence-electron chi connectivity index (χ4n) is 3.37. The summed E-state index contributed by atoms with van der Waals surface area (Å²) in [7, 11) is 0. The molecule has 4 rings (SSSR count). The van der Waals surface area contributed by atoms with Crippen LogP contribution >= 0.6 is 11.8 Å². The zero-order valence-electron chi connectivity index (χ0n) is 16.4. The molecule has 1 saturated heterocycles. The van der Waals surface area contributed by atoms with Gasteiger partial charge >= 0.3 is 0 Å². The van der Waals surface area contributed by atoms with E-state index in [0.717, 1.165) is 6.42 Å². The quantitative estimate of drug-likeness (QED) is 0.456. The Morgan fingerprint density at radius 1 is 0.759 bits per heavy atom. The lowest BCUT2D eigenvalue weighted by Crippen LogP contribution is -2.29. The molecule has 1 aliphatic rings. The van der Waals surface area contributed by atoms with Gasteiger partial charge in [-0.1, -0.05) is 90.6 Å². The summed E-state index contributed by atoms with van der Waals surface area (Å²) >= 11 is 1.75. The largest absolute Gasteiger partial charge is 0.374 e. The maximum Gasteiger partial charge on any atom is 0.110 e. The van der Waals surface area contributed by atoms with Crippen molar-refractivity contribution < 1.29 is 14.2 Å². The Labute approximate surface area is 177 Å². The first-order valence-corrected chi connectivity index (χ1v) is 10.9. The second-order valence-electron chi connectivity index (χ2n) is 7.11. The monoisotopic (exact) mass is 406 g/mol. The van der Waals surface area contributed by atoms with Gasteiger partial charge in [0.15, 0.2) is 0 Å². The molecule has 0 aromatic heterocycles. The molecule has 0 spiro atoms. The van der Waals surface area contributed by atoms with Crippen molar-refractivity contribution in [3.05, 3.63) is 102 Å². The number of hydrogen-bond acceptors (Lipinski definition) is 4. The average Bonchev–Trinajstić information content (AvgIpc) is 3.16. The second-order valence-corrected chi connectivity index (χ2v) is 8.34. The van der Waals surface area contributed by atoms with E-state index in [1.165, 1.54) is 16.0 Å². The molecule has 0 aliphatic carbocycles. The van der Waals surface area contributed by atoms with Crippen molar-refractivity contribution in [1.29, 1.82) is 0 Å². The highest BCUT2D eigenvalue weighted by Gasteiger charge is 2.36. The maximum atomic E-state index is 6.32. The average molecular weight is 407 g/mol. The lowest BCUT2D eigenvalue weighted by Gasteiger charge is -2.19. The van der Waals surface area contributed by atoms with Crippen molar-refractivity contribution >= 4 is 11.8 Å². The molecule has 1 aliphatic heterocycles. The minimum Gasteiger partial charge on any atom is -0.374 e. The van der Waals surface area contributed by atoms with Crippen LogP contribution in [0.15, 0.2) is 95.9 Å². The molecule has 3 aromatic carbocycles. The Hall–Kier alpha value is -2.11. The van der Waals surface area contributed by atoms with Gasteiger partial charge < -0.3 is 14.2 Å². The van der Waals surface area contributed by atoms with Crippen LogP contribution in [-0.2, 0) is 27.4 Å². The Balaban J connectivity index is 1.34. The van der Waals surface area contributed by atoms with Crippen LogP contribution < -0.4 is 0 Å². The first kappa shape index (κ1) is 20.2. The Bertz CT molecular complexity index is 842. The fourth-order valence-corrected chi connectivity index (χ4v) is 4.47. The molecule has 1 heterocycles. The molecule has 0 saturated carbocycles. The predicted molar refractivity (Wildman–Crippen MR) is 117 cm³/mol. The van der Waals surface area contributed by atoms with Crippen molar-refractivity contribution in [2.45, 2.75) is 42.2 Å². The summed E-state index contributed by atoms with van der Waals surface area (Å²) in [5, 5.41) is 0. The van der Waals surface area contributed by atoms with Gasteiger partial charge in [-0.15, -0.1) is 0 Å². The van der Waals surface area contributed by atoms with Crippen LogP contribution in [0, 0.1) is 0 Å². The van der Waals surface area contributed by atoms with Crippen LogP contribution in [0.25, 0.3) is 0 Å². The van der Waals surface area contributed by atoms with E-state index < -0.39 is 0 Å². The van der Waals surface area contributed by atoms with Gasteiger partial charge in [0.1, 0.15) is 11.5 Å². The van der Waals surface area contributed by atoms with Crippen LogP contribution in [-0.4, -0.2) is 24.3 Å². The standard InChI is InChI=1S/C25H26O3S/c1-4-10-20(11-5-1)17-26-19-24-23(27-18-21-12-6-2-7-13-21)16-25(28-24)29-22-14-8-3-9-15-22/h1-15,23-25H,16-19H2/t23-,24+,25+/m0/s1. The zero-order valence-corrected chi connectivity index (χ0v) is 17.2. The van der Waals surface area contributed by atoms with Gasteiger partial charge in [0.2, 0.25) is 0 Å². The smallest absolute Gasteiger partial charge is 0.110 e. The maximum absolute atomic E-state index is 6.32. The molecular formula is C25H26O3S. The molecule has 0 N–H and O–H groups in total. The number of hydrogen-bond donors (Lipinski definition) is 0. The third-order valence-electron chi connectivity index (χ3n) is 4.88. The van der Waals surface area contributed by atoms with Crippen LogP contribution in [0.2, 0.25) is 0 Å². The molecule has 0 radical (unpaired) electrons. The zero-order chi connectivity index (χ0) is 19.7. The highest BCUT2D eigenvalue weighted by atomic mass is 32.2. The lowest BCUT2D eigenvalue weighted by molar-refractivity contribution is -0.0623. The molecule has 0 amide bonds. The number of thioether (sulfide) groups is 1. The molecule has 4 heteroatoms. The normalized spacial score (nSPS) is 21.3. The first-order valence-electron chi connectivity index (χ1n) is 10.0. The molecule has 3 aromatic rings. The molecular weight excluding hydrogens is 380 g/mol. The van der Waals surface area contributed by atoms with Gasteiger partial charge in [0.25, 0.3) is 0 Å². The molecule has 150 valence electrons. The van der Waals surface area contributed by atoms with Gasteiger partial charge in [-0.3, -0.25) is 0 Å². The van der Waals surface area contributed by atoms with E-state index in [4.69, 9.17) is 14.2 Å². The summed E-state index contributed by atoms with van der Waals surface area (Å²) in [5.41, 5.74) is 2.42. The van der Waals surface area contributed by atoms with E-state index in [1.807, 2.05) is 42.5 Å². The summed E-state index contributed by atoms with van der Waals surface area (Å²) in [6, 6.07) is 30.9. The van der Waals surface area contributed by atoms with Crippen molar-refractivity contribution in [2.75, 3.05) is 6.61 Å². The molecule has 3 atom stereocenters. The molecule has 29 heavy (non-hydrogen) atoms. The number of rotatable bonds is 9. The minimum atomic E-state index is -0.0661. The van der Waals surface area contributed by atoms with Crippen LogP contribution in [0.3, 0.4) is 0 Å². The van der Waals surface area contributed by atoms with Gasteiger partial charge in [0, 0.05) is 11.3 Å². The Morgan fingerprint density at radius 2 is 1.34 bits per heavy atom. The summed E-state index contributed by atoms with van der Waals surface area (Å²) in [5.74, 6) is 0. The summed E-state index contributed by atoms with van der Waals surface area (Å²) in [4.78, 5) is 1.21. The van der Waals surface area contributed by atoms with Crippen molar-refractivity contribution in [2.24, 2.45) is 0 Å². The third-order valence-corrected chi connectivity index (χ3v) is 5.99. The second kappa shape index (κ2) is 10.6. The van der Waals surface area contributed by atoms with E-state index in [0.29, 0.717) is 19.8 Å². The predicted octanol–water partition coefficient (Wildman–Crippen LogP) is 5.70. The van der Waals surface area contributed by atoms with E-state index in [9.17, 15) is 0 Å². The van der Waals surface area contributed by atoms with E-state index in [2.05, 4.69) is 48.5 Å². The van der Waals surface area contributed by atoms with Gasteiger partial charge in [-0.05, 0) is 23.3 Å². The number of ether oxygens (including phenoxy) is 3. The van der Waals surface area contributed by atoms with E-state index >= 15 is 0 Å². The highest BCUT2D eigenvalue weighted by molar-refractivity contribution is 7.99. The summed E-state index contributed by atoms with van der Waals surface area (Å²) in [6.45, 7) is 1.70. The summed E-state index contributed by atoms with van der Waals surface area (Å²) in [6.07, 6.45) is 0.807. The van der Waals surface area contributed by atoms with E-state index in [1.54, 1.807) is 11.8 Å². The van der Waals surface area contributed by atoms with E-state index in [-0.39, 0.29) is 17.6 Å². The van der Waals surface area contributed by atoms with Crippen LogP contribution in [0.5, 0.6) is 0 Å². The summed E-state index contributed by atoms with van der Waals surface area (Å²) < 4.78 is 18.5. The minimum absolute atomic E-state index is 0.0205. The van der Waals surface area contributed by atoms with Crippen molar-refractivity contribution in [3.8, 4) is 0 Å². The Kier molecular flexibility index (Phi) is 7.38. The van der Waals surface area contributed by atoms with Gasteiger partial charge in [-0.25, -0.2) is 0 Å². The third kappa shape index (κ3) is 6.18. The van der Waals surface area contributed by atoms with Crippen molar-refractivity contribution in [1.82, 2.24) is 0 Å². The fraction of sp³-hybridized carbons (Fsp3) is 0.280. The number of benzene rings is 3. The molecule has 1 fully saturated rings. The molecule has 0 unspecified atom stereocenters. The SMILES string of the molecule is c1ccc(COC[C@H]2O[C@H](Sc3ccccc3)C[C@@H]2OCc2ccccc2)cc1. The topological polar surface area (TPSA) is 27.7 Å². The van der Waals surface area contributed by atoms with Crippen LogP contribution in [0.1, 0.15) is 17.5 Å². The first-order chi connectivity index (χ1) is 14.4. The Morgan fingerprint density at radius 3 is 2.00 bits per heavy atom. The van der Waals surface area contributed by atoms with Gasteiger partial charge in [0.05, 0.1) is 25.9 Å². The molecule has 0 bridgehead atoms. The highest BCUT2D eigenvalue weighted by Crippen LogP contribution is 2.35. The van der Waals surface area contributed by atoms with Crippen LogP contribution in [0.4, 0.5) is 0 Å². The van der Waals surface area contributed by atoms with Gasteiger partial charge in [-0.2, -0.15) is 0 Å². The molecule has 3 nitrogen and oxygen atoms in total. The van der Waals surface area contributed by atoms with Crippen molar-refractivity contribution in [3.63, 3.8) is 0 Å². The lowest BCUT2D eigenvalue weighted by atomic mass is 10.2.